The van der Waals surface area contributed by atoms with Crippen molar-refractivity contribution in [3.63, 3.8) is 0 Å². The summed E-state index contributed by atoms with van der Waals surface area (Å²) in [6.45, 7) is 5.53. The van der Waals surface area contributed by atoms with Gasteiger partial charge in [0.1, 0.15) is 11.5 Å². The SMILES string of the molecule is CC(C)(C)c1c(N)cnn1-c1c(F)cc(F)cc1F. The van der Waals surface area contributed by atoms with Crippen molar-refractivity contribution >= 4 is 5.69 Å². The summed E-state index contributed by atoms with van der Waals surface area (Å²) in [6, 6.07) is 1.23. The van der Waals surface area contributed by atoms with E-state index in [4.69, 9.17) is 5.73 Å². The van der Waals surface area contributed by atoms with Gasteiger partial charge in [-0.1, -0.05) is 20.8 Å². The molecule has 6 heteroatoms. The smallest absolute Gasteiger partial charge is 0.154 e. The molecule has 0 unspecified atom stereocenters. The van der Waals surface area contributed by atoms with E-state index in [1.807, 2.05) is 20.8 Å². The van der Waals surface area contributed by atoms with Crippen molar-refractivity contribution in [2.45, 2.75) is 26.2 Å². The quantitative estimate of drug-likeness (QED) is 0.864. The van der Waals surface area contributed by atoms with Crippen molar-refractivity contribution in [1.82, 2.24) is 9.78 Å². The fraction of sp³-hybridized carbons (Fsp3) is 0.308. The first kappa shape index (κ1) is 13.5. The van der Waals surface area contributed by atoms with Gasteiger partial charge in [-0.3, -0.25) is 0 Å². The number of benzene rings is 1. The first-order valence-electron chi connectivity index (χ1n) is 5.70. The van der Waals surface area contributed by atoms with E-state index < -0.39 is 28.6 Å². The topological polar surface area (TPSA) is 43.8 Å². The van der Waals surface area contributed by atoms with Crippen LogP contribution in [0.2, 0.25) is 0 Å². The minimum atomic E-state index is -1.02. The normalized spacial score (nSPS) is 11.9. The molecular formula is C13H14F3N3. The number of hydrogen-bond donors (Lipinski definition) is 1. The largest absolute Gasteiger partial charge is 0.396 e. The van der Waals surface area contributed by atoms with Crippen LogP contribution in [0.25, 0.3) is 5.69 Å². The summed E-state index contributed by atoms with van der Waals surface area (Å²) >= 11 is 0. The third-order valence-electron chi connectivity index (χ3n) is 2.70. The van der Waals surface area contributed by atoms with Crippen LogP contribution >= 0.6 is 0 Å². The summed E-state index contributed by atoms with van der Waals surface area (Å²) in [5, 5.41) is 3.89. The Morgan fingerprint density at radius 2 is 1.63 bits per heavy atom. The lowest BCUT2D eigenvalue weighted by Crippen LogP contribution is -2.20. The van der Waals surface area contributed by atoms with E-state index >= 15 is 0 Å². The molecule has 0 aliphatic heterocycles. The highest BCUT2D eigenvalue weighted by Gasteiger charge is 2.26. The summed E-state index contributed by atoms with van der Waals surface area (Å²) < 4.78 is 41.6. The van der Waals surface area contributed by atoms with Crippen molar-refractivity contribution in [1.29, 1.82) is 0 Å². The van der Waals surface area contributed by atoms with E-state index in [9.17, 15) is 13.2 Å². The van der Waals surface area contributed by atoms with Crippen molar-refractivity contribution in [3.8, 4) is 5.69 Å². The predicted molar refractivity (Wildman–Crippen MR) is 66.6 cm³/mol. The Bertz CT molecular complexity index is 604. The molecule has 0 spiro atoms. The van der Waals surface area contributed by atoms with Gasteiger partial charge in [0, 0.05) is 17.5 Å². The maximum absolute atomic E-state index is 13.8. The molecule has 0 amide bonds. The predicted octanol–water partition coefficient (Wildman–Crippen LogP) is 3.17. The molecule has 0 bridgehead atoms. The lowest BCUT2D eigenvalue weighted by Gasteiger charge is -2.21. The molecule has 2 N–H and O–H groups in total. The highest BCUT2D eigenvalue weighted by atomic mass is 19.1. The van der Waals surface area contributed by atoms with Gasteiger partial charge in [0.15, 0.2) is 11.6 Å². The monoisotopic (exact) mass is 269 g/mol. The van der Waals surface area contributed by atoms with Gasteiger partial charge in [0.05, 0.1) is 17.6 Å². The Morgan fingerprint density at radius 3 is 2.11 bits per heavy atom. The standard InChI is InChI=1S/C13H14F3N3/c1-13(2,3)12-10(17)6-18-19(12)11-8(15)4-7(14)5-9(11)16/h4-6H,17H2,1-3H3. The zero-order chi connectivity index (χ0) is 14.4. The lowest BCUT2D eigenvalue weighted by atomic mass is 9.91. The number of aromatic nitrogens is 2. The number of rotatable bonds is 1. The Hall–Kier alpha value is -1.98. The Balaban J connectivity index is 2.74. The molecule has 0 saturated carbocycles. The fourth-order valence-corrected chi connectivity index (χ4v) is 2.02. The van der Waals surface area contributed by atoms with Crippen LogP contribution in [0.5, 0.6) is 0 Å². The highest BCUT2D eigenvalue weighted by molar-refractivity contribution is 5.50. The number of anilines is 1. The molecule has 3 nitrogen and oxygen atoms in total. The number of nitrogens with zero attached hydrogens (tertiary/aromatic N) is 2. The second-order valence-corrected chi connectivity index (χ2v) is 5.33. The fourth-order valence-electron chi connectivity index (χ4n) is 2.02. The molecule has 2 rings (SSSR count). The van der Waals surface area contributed by atoms with Crippen LogP contribution in [-0.2, 0) is 5.41 Å². The molecule has 19 heavy (non-hydrogen) atoms. The van der Waals surface area contributed by atoms with Gasteiger partial charge in [-0.15, -0.1) is 0 Å². The maximum Gasteiger partial charge on any atom is 0.154 e. The average Bonchev–Trinajstić information content (AvgIpc) is 2.57. The lowest BCUT2D eigenvalue weighted by molar-refractivity contribution is 0.502. The summed E-state index contributed by atoms with van der Waals surface area (Å²) in [5.74, 6) is -3.02. The number of nitrogen functional groups attached to an aromatic ring is 1. The molecule has 1 aromatic heterocycles. The molecule has 0 radical (unpaired) electrons. The second-order valence-electron chi connectivity index (χ2n) is 5.33. The van der Waals surface area contributed by atoms with Gasteiger partial charge in [-0.2, -0.15) is 5.10 Å². The van der Waals surface area contributed by atoms with Gasteiger partial charge in [-0.05, 0) is 0 Å². The molecule has 0 atom stereocenters. The molecule has 1 heterocycles. The third kappa shape index (κ3) is 2.30. The summed E-state index contributed by atoms with van der Waals surface area (Å²) in [7, 11) is 0. The molecule has 1 aromatic carbocycles. The summed E-state index contributed by atoms with van der Waals surface area (Å²) in [5.41, 5.74) is 5.70. The zero-order valence-electron chi connectivity index (χ0n) is 10.8. The molecule has 0 aliphatic rings. The molecule has 0 fully saturated rings. The van der Waals surface area contributed by atoms with Crippen molar-refractivity contribution < 1.29 is 13.2 Å². The van der Waals surface area contributed by atoms with Crippen molar-refractivity contribution in [2.24, 2.45) is 0 Å². The van der Waals surface area contributed by atoms with Gasteiger partial charge in [0.2, 0.25) is 0 Å². The minimum absolute atomic E-state index is 0.329. The third-order valence-corrected chi connectivity index (χ3v) is 2.70. The van der Waals surface area contributed by atoms with Crippen LogP contribution in [0.15, 0.2) is 18.3 Å². The van der Waals surface area contributed by atoms with Crippen molar-refractivity contribution in [3.05, 3.63) is 41.5 Å². The molecule has 0 saturated heterocycles. The molecule has 102 valence electrons. The van der Waals surface area contributed by atoms with E-state index in [2.05, 4.69) is 5.10 Å². The first-order chi connectivity index (χ1) is 8.71. The van der Waals surface area contributed by atoms with Gasteiger partial charge >= 0.3 is 0 Å². The minimum Gasteiger partial charge on any atom is -0.396 e. The number of nitrogens with two attached hydrogens (primary N) is 1. The van der Waals surface area contributed by atoms with E-state index in [-0.39, 0.29) is 0 Å². The van der Waals surface area contributed by atoms with Crippen LogP contribution in [0.3, 0.4) is 0 Å². The molecule has 2 aromatic rings. The van der Waals surface area contributed by atoms with E-state index in [0.717, 1.165) is 4.68 Å². The van der Waals surface area contributed by atoms with Crippen LogP contribution in [0.1, 0.15) is 26.5 Å². The maximum atomic E-state index is 13.8. The first-order valence-corrected chi connectivity index (χ1v) is 5.70. The van der Waals surface area contributed by atoms with Crippen molar-refractivity contribution in [2.75, 3.05) is 5.73 Å². The van der Waals surface area contributed by atoms with E-state index in [1.54, 1.807) is 0 Å². The van der Waals surface area contributed by atoms with E-state index in [0.29, 0.717) is 23.5 Å². The summed E-state index contributed by atoms with van der Waals surface area (Å²) in [4.78, 5) is 0. The second kappa shape index (κ2) is 4.29. The average molecular weight is 269 g/mol. The van der Waals surface area contributed by atoms with Crippen LogP contribution in [-0.4, -0.2) is 9.78 Å². The Kier molecular flexibility index (Phi) is 3.04. The zero-order valence-corrected chi connectivity index (χ0v) is 10.8. The van der Waals surface area contributed by atoms with Crippen LogP contribution in [0, 0.1) is 17.5 Å². The van der Waals surface area contributed by atoms with E-state index in [1.165, 1.54) is 6.20 Å². The molecule has 0 aliphatic carbocycles. The van der Waals surface area contributed by atoms with Crippen LogP contribution < -0.4 is 5.73 Å². The number of halogens is 3. The Labute approximate surface area is 108 Å². The van der Waals surface area contributed by atoms with Crippen LogP contribution in [0.4, 0.5) is 18.9 Å². The summed E-state index contributed by atoms with van der Waals surface area (Å²) in [6.07, 6.45) is 1.32. The van der Waals surface area contributed by atoms with Gasteiger partial charge < -0.3 is 5.73 Å². The highest BCUT2D eigenvalue weighted by Crippen LogP contribution is 2.31. The Morgan fingerprint density at radius 1 is 1.11 bits per heavy atom. The van der Waals surface area contributed by atoms with Gasteiger partial charge in [-0.25, -0.2) is 17.9 Å². The molecular weight excluding hydrogens is 255 g/mol. The number of hydrogen-bond acceptors (Lipinski definition) is 2. The van der Waals surface area contributed by atoms with Gasteiger partial charge in [0.25, 0.3) is 0 Å².